The number of benzene rings is 7. The van der Waals surface area contributed by atoms with E-state index in [0.29, 0.717) is 17.2 Å². The largest absolute Gasteiger partial charge is 0.599 e. The molecule has 7 aromatic carbocycles. The summed E-state index contributed by atoms with van der Waals surface area (Å²) in [5, 5.41) is 2.37. The van der Waals surface area contributed by atoms with E-state index in [4.69, 9.17) is 9.39 Å². The Balaban J connectivity index is 0.00000396. The first-order valence-corrected chi connectivity index (χ1v) is 18.5. The molecule has 57 heavy (non-hydrogen) atoms. The Morgan fingerprint density at radius 3 is 2.18 bits per heavy atom. The van der Waals surface area contributed by atoms with Crippen LogP contribution in [0.15, 0.2) is 182 Å². The fraction of sp³-hybridized carbons (Fsp3) is 0. The first kappa shape index (κ1) is 34.6. The van der Waals surface area contributed by atoms with Gasteiger partial charge in [0.1, 0.15) is 5.82 Å². The predicted molar refractivity (Wildman–Crippen MR) is 221 cm³/mol. The minimum Gasteiger partial charge on any atom is -0.599 e. The SMILES string of the molecule is [Pt].[c-]1c(Oc2[c-]c3c(cc2)OB(c2ccccc2)N3c2ccccn2)cccc1-n1[c-][n+](-c2cccc3c4ccccc4n(-c4ccccc4)c23)c2ccccc21. The topological polar surface area (TPSA) is 48.3 Å². The molecule has 0 radical (unpaired) electrons. The molecule has 1 aliphatic heterocycles. The third-order valence-electron chi connectivity index (χ3n) is 10.3. The van der Waals surface area contributed by atoms with Crippen molar-refractivity contribution in [3.8, 4) is 34.3 Å². The van der Waals surface area contributed by atoms with Crippen molar-refractivity contribution in [2.75, 3.05) is 4.81 Å². The smallest absolute Gasteiger partial charge is 0.511 e. The number of fused-ring (bicyclic) bond motifs is 5. The van der Waals surface area contributed by atoms with Gasteiger partial charge in [-0.25, -0.2) is 4.98 Å². The van der Waals surface area contributed by atoms with Crippen LogP contribution in [0.2, 0.25) is 0 Å². The van der Waals surface area contributed by atoms with E-state index in [1.807, 2.05) is 71.3 Å². The summed E-state index contributed by atoms with van der Waals surface area (Å²) in [5.74, 6) is 2.54. The Labute approximate surface area is 344 Å². The van der Waals surface area contributed by atoms with E-state index in [1.165, 1.54) is 10.8 Å². The van der Waals surface area contributed by atoms with Crippen LogP contribution in [0.1, 0.15) is 0 Å². The van der Waals surface area contributed by atoms with Crippen molar-refractivity contribution in [2.45, 2.75) is 0 Å². The van der Waals surface area contributed by atoms with E-state index in [-0.39, 0.29) is 21.1 Å². The summed E-state index contributed by atoms with van der Waals surface area (Å²) in [6, 6.07) is 66.7. The Bertz CT molecular complexity index is 3060. The first-order chi connectivity index (χ1) is 27.8. The molecule has 0 fully saturated rings. The van der Waals surface area contributed by atoms with Crippen LogP contribution >= 0.6 is 0 Å². The summed E-state index contributed by atoms with van der Waals surface area (Å²) in [4.78, 5) is 6.71. The van der Waals surface area contributed by atoms with Crippen LogP contribution in [0.3, 0.4) is 0 Å². The zero-order valence-corrected chi connectivity index (χ0v) is 32.5. The molecule has 9 heteroatoms. The van der Waals surface area contributed by atoms with Crippen LogP contribution < -0.4 is 24.2 Å². The van der Waals surface area contributed by atoms with Crippen molar-refractivity contribution in [1.82, 2.24) is 14.1 Å². The van der Waals surface area contributed by atoms with E-state index in [1.54, 1.807) is 6.20 Å². The van der Waals surface area contributed by atoms with Gasteiger partial charge in [0, 0.05) is 61.0 Å². The van der Waals surface area contributed by atoms with E-state index in [2.05, 4.69) is 147 Å². The summed E-state index contributed by atoms with van der Waals surface area (Å²) in [6.07, 6.45) is 5.49. The molecular weight excluding hydrogens is 884 g/mol. The van der Waals surface area contributed by atoms with Crippen LogP contribution in [-0.2, 0) is 21.1 Å². The van der Waals surface area contributed by atoms with Gasteiger partial charge in [0.25, 0.3) is 6.33 Å². The summed E-state index contributed by atoms with van der Waals surface area (Å²) >= 11 is 0. The second-order valence-electron chi connectivity index (χ2n) is 13.6. The molecule has 7 nitrogen and oxygen atoms in total. The average molecular weight is 915 g/mol. The number of rotatable bonds is 7. The van der Waals surface area contributed by atoms with Crippen molar-refractivity contribution < 1.29 is 35.0 Å². The number of hydrogen-bond acceptors (Lipinski definition) is 4. The molecule has 0 unspecified atom stereocenters. The van der Waals surface area contributed by atoms with E-state index < -0.39 is 7.05 Å². The average Bonchev–Trinajstić information content (AvgIpc) is 3.95. The number of nitrogens with zero attached hydrogens (tertiary/aromatic N) is 5. The number of ether oxygens (including phenoxy) is 1. The maximum atomic E-state index is 6.50. The first-order valence-electron chi connectivity index (χ1n) is 18.5. The molecule has 11 rings (SSSR count). The van der Waals surface area contributed by atoms with Gasteiger partial charge in [-0.3, -0.25) is 4.57 Å². The monoisotopic (exact) mass is 914 g/mol. The van der Waals surface area contributed by atoms with Gasteiger partial charge in [0.15, 0.2) is 0 Å². The number of anilines is 2. The third kappa shape index (κ3) is 5.88. The quantitative estimate of drug-likeness (QED) is 0.0909. The maximum Gasteiger partial charge on any atom is 0.511 e. The number of pyridine rings is 1. The molecular formula is C48H30BN5O2Pt-2. The molecule has 0 saturated carbocycles. The van der Waals surface area contributed by atoms with Crippen LogP contribution in [0.4, 0.5) is 11.5 Å². The Morgan fingerprint density at radius 2 is 1.33 bits per heavy atom. The minimum absolute atomic E-state index is 0. The van der Waals surface area contributed by atoms with Crippen molar-refractivity contribution in [2.24, 2.45) is 0 Å². The minimum atomic E-state index is -0.397. The predicted octanol–water partition coefficient (Wildman–Crippen LogP) is 9.52. The zero-order chi connectivity index (χ0) is 37.0. The van der Waals surface area contributed by atoms with Crippen molar-refractivity contribution >= 4 is 56.9 Å². The number of para-hydroxylation sites is 5. The van der Waals surface area contributed by atoms with Crippen LogP contribution in [-0.4, -0.2) is 21.2 Å². The Morgan fingerprint density at radius 1 is 0.614 bits per heavy atom. The van der Waals surface area contributed by atoms with E-state index in [9.17, 15) is 0 Å². The summed E-state index contributed by atoms with van der Waals surface area (Å²) in [7, 11) is -0.397. The standard InChI is InChI=1S/C48H30BN5O2.Pt/c1-3-15-34(16-4-1)49-54(47-27-11-12-30-50-47)45-32-38(28-29-46(45)56-49)55-37-20-13-19-36(31-37)51-33-52(43-25-10-9-24-42(43)51)44-26-14-22-40-39-21-7-8-23-41(39)53(48(40)44)35-17-5-2-6-18-35;/h1-30H;/q-2;. The third-order valence-corrected chi connectivity index (χ3v) is 10.3. The van der Waals surface area contributed by atoms with Crippen LogP contribution in [0.25, 0.3) is 49.9 Å². The number of imidazole rings is 1. The van der Waals surface area contributed by atoms with Gasteiger partial charge in [0.05, 0.1) is 27.8 Å². The van der Waals surface area contributed by atoms with Crippen LogP contribution in [0.5, 0.6) is 17.2 Å². The summed E-state index contributed by atoms with van der Waals surface area (Å²) < 4.78 is 19.5. The second kappa shape index (κ2) is 14.3. The molecule has 10 aromatic rings. The molecule has 0 N–H and O–H groups in total. The molecule has 1 aliphatic rings. The molecule has 0 spiro atoms. The van der Waals surface area contributed by atoms with Crippen molar-refractivity contribution in [3.63, 3.8) is 0 Å². The molecule has 0 atom stereocenters. The molecule has 0 saturated heterocycles. The van der Waals surface area contributed by atoms with Crippen LogP contribution in [0, 0.1) is 18.5 Å². The van der Waals surface area contributed by atoms with Gasteiger partial charge in [-0.2, -0.15) is 12.1 Å². The summed E-state index contributed by atoms with van der Waals surface area (Å²) in [5.41, 5.74) is 8.92. The van der Waals surface area contributed by atoms with E-state index in [0.717, 1.165) is 56.1 Å². The van der Waals surface area contributed by atoms with Gasteiger partial charge in [0.2, 0.25) is 0 Å². The number of hydrogen-bond donors (Lipinski definition) is 0. The van der Waals surface area contributed by atoms with Gasteiger partial charge >= 0.3 is 7.05 Å². The van der Waals surface area contributed by atoms with Gasteiger partial charge in [-0.05, 0) is 53.2 Å². The number of aromatic nitrogens is 4. The Hall–Kier alpha value is -6.89. The molecule has 0 bridgehead atoms. The normalized spacial score (nSPS) is 12.1. The van der Waals surface area contributed by atoms with Gasteiger partial charge in [-0.1, -0.05) is 109 Å². The van der Waals surface area contributed by atoms with Crippen molar-refractivity contribution in [3.05, 3.63) is 201 Å². The fourth-order valence-corrected chi connectivity index (χ4v) is 7.83. The maximum absolute atomic E-state index is 6.50. The molecule has 0 amide bonds. The summed E-state index contributed by atoms with van der Waals surface area (Å²) in [6.45, 7) is 0. The molecule has 4 heterocycles. The van der Waals surface area contributed by atoms with Crippen molar-refractivity contribution in [1.29, 1.82) is 0 Å². The van der Waals surface area contributed by atoms with Gasteiger partial charge in [-0.15, -0.1) is 30.3 Å². The molecule has 0 aliphatic carbocycles. The van der Waals surface area contributed by atoms with Gasteiger partial charge < -0.3 is 23.3 Å². The molecule has 3 aromatic heterocycles. The fourth-order valence-electron chi connectivity index (χ4n) is 7.83. The second-order valence-corrected chi connectivity index (χ2v) is 13.6. The molecule has 274 valence electrons. The Kier molecular flexibility index (Phi) is 8.69. The zero-order valence-electron chi connectivity index (χ0n) is 30.3. The van der Waals surface area contributed by atoms with E-state index >= 15 is 0 Å².